The number of carboxylic acid groups (broad SMARTS) is 1. The number of ether oxygens (including phenoxy) is 1. The molecule has 0 fully saturated rings. The average Bonchev–Trinajstić information content (AvgIpc) is 2.50. The third-order valence-electron chi connectivity index (χ3n) is 4.06. The fourth-order valence-electron chi connectivity index (χ4n) is 2.27. The summed E-state index contributed by atoms with van der Waals surface area (Å²) in [6.45, 7) is 3.71. The summed E-state index contributed by atoms with van der Waals surface area (Å²) in [5.41, 5.74) is -0.335. The van der Waals surface area contributed by atoms with Crippen molar-refractivity contribution in [3.05, 3.63) is 28.8 Å². The second-order valence-electron chi connectivity index (χ2n) is 5.17. The van der Waals surface area contributed by atoms with Gasteiger partial charge in [0.05, 0.1) is 18.9 Å². The second kappa shape index (κ2) is 8.03. The van der Waals surface area contributed by atoms with Crippen molar-refractivity contribution in [1.29, 1.82) is 0 Å². The van der Waals surface area contributed by atoms with Gasteiger partial charge in [-0.2, -0.15) is 0 Å². The fourth-order valence-corrected chi connectivity index (χ4v) is 2.50. The van der Waals surface area contributed by atoms with Crippen LogP contribution in [0.25, 0.3) is 0 Å². The van der Waals surface area contributed by atoms with E-state index < -0.39 is 11.4 Å². The molecule has 1 aromatic rings. The number of nitrogens with one attached hydrogen (secondary N) is 1. The molecule has 0 bridgehead atoms. The Morgan fingerprint density at radius 1 is 1.32 bits per heavy atom. The standard InChI is InChI=1S/C16H22ClNO4/c1-4-16(5-2,15(20)21)10-18-14(19)9-11-12(17)7-6-8-13(11)22-3/h6-8H,4-5,9-10H2,1-3H3,(H,18,19)(H,20,21). The van der Waals surface area contributed by atoms with Crippen LogP contribution in [0.5, 0.6) is 5.75 Å². The highest BCUT2D eigenvalue weighted by atomic mass is 35.5. The minimum Gasteiger partial charge on any atom is -0.496 e. The van der Waals surface area contributed by atoms with Crippen molar-refractivity contribution in [1.82, 2.24) is 5.32 Å². The Balaban J connectivity index is 2.78. The summed E-state index contributed by atoms with van der Waals surface area (Å²) in [5.74, 6) is -0.634. The molecule has 0 aliphatic carbocycles. The molecule has 0 radical (unpaired) electrons. The number of carbonyl (C=O) groups excluding carboxylic acids is 1. The Hall–Kier alpha value is -1.75. The summed E-state index contributed by atoms with van der Waals surface area (Å²) in [4.78, 5) is 23.5. The van der Waals surface area contributed by atoms with Crippen LogP contribution in [0.1, 0.15) is 32.3 Å². The lowest BCUT2D eigenvalue weighted by Gasteiger charge is -2.26. The molecule has 0 heterocycles. The molecule has 5 nitrogen and oxygen atoms in total. The van der Waals surface area contributed by atoms with Crippen molar-refractivity contribution in [2.45, 2.75) is 33.1 Å². The van der Waals surface area contributed by atoms with Gasteiger partial charge < -0.3 is 15.2 Å². The van der Waals surface area contributed by atoms with Crippen LogP contribution in [0.4, 0.5) is 0 Å². The molecule has 2 N–H and O–H groups in total. The maximum absolute atomic E-state index is 12.1. The molecule has 0 saturated carbocycles. The van der Waals surface area contributed by atoms with Gasteiger partial charge in [0.2, 0.25) is 5.91 Å². The first kappa shape index (κ1) is 18.3. The first-order valence-electron chi connectivity index (χ1n) is 7.21. The quantitative estimate of drug-likeness (QED) is 0.769. The number of hydrogen-bond donors (Lipinski definition) is 2. The van der Waals surface area contributed by atoms with Crippen LogP contribution < -0.4 is 10.1 Å². The maximum atomic E-state index is 12.1. The molecule has 22 heavy (non-hydrogen) atoms. The van der Waals surface area contributed by atoms with Crippen LogP contribution in [0.3, 0.4) is 0 Å². The fraction of sp³-hybridized carbons (Fsp3) is 0.500. The van der Waals surface area contributed by atoms with Gasteiger partial charge in [-0.3, -0.25) is 9.59 Å². The van der Waals surface area contributed by atoms with Crippen molar-refractivity contribution in [2.24, 2.45) is 5.41 Å². The lowest BCUT2D eigenvalue weighted by atomic mass is 9.82. The van der Waals surface area contributed by atoms with Crippen molar-refractivity contribution < 1.29 is 19.4 Å². The summed E-state index contributed by atoms with van der Waals surface area (Å²) in [5, 5.41) is 12.5. The Labute approximate surface area is 135 Å². The molecule has 0 spiro atoms. The number of aliphatic carboxylic acids is 1. The Morgan fingerprint density at radius 2 is 1.95 bits per heavy atom. The average molecular weight is 328 g/mol. The maximum Gasteiger partial charge on any atom is 0.311 e. The van der Waals surface area contributed by atoms with E-state index in [1.54, 1.807) is 32.0 Å². The summed E-state index contributed by atoms with van der Waals surface area (Å²) < 4.78 is 5.19. The smallest absolute Gasteiger partial charge is 0.311 e. The lowest BCUT2D eigenvalue weighted by molar-refractivity contribution is -0.149. The summed E-state index contributed by atoms with van der Waals surface area (Å²) in [7, 11) is 1.51. The second-order valence-corrected chi connectivity index (χ2v) is 5.57. The molecule has 1 rings (SSSR count). The van der Waals surface area contributed by atoms with Gasteiger partial charge in [-0.05, 0) is 25.0 Å². The molecule has 1 aromatic carbocycles. The number of carboxylic acids is 1. The van der Waals surface area contributed by atoms with Crippen molar-refractivity contribution in [3.8, 4) is 5.75 Å². The van der Waals surface area contributed by atoms with Gasteiger partial charge >= 0.3 is 5.97 Å². The van der Waals surface area contributed by atoms with Crippen molar-refractivity contribution in [2.75, 3.05) is 13.7 Å². The highest BCUT2D eigenvalue weighted by molar-refractivity contribution is 6.31. The topological polar surface area (TPSA) is 75.6 Å². The molecule has 122 valence electrons. The zero-order valence-electron chi connectivity index (χ0n) is 13.1. The van der Waals surface area contributed by atoms with E-state index in [0.29, 0.717) is 29.2 Å². The van der Waals surface area contributed by atoms with Gasteiger partial charge in [0.25, 0.3) is 0 Å². The number of hydrogen-bond acceptors (Lipinski definition) is 3. The van der Waals surface area contributed by atoms with E-state index in [1.807, 2.05) is 0 Å². The van der Waals surface area contributed by atoms with Gasteiger partial charge in [-0.25, -0.2) is 0 Å². The van der Waals surface area contributed by atoms with Gasteiger partial charge in [0.15, 0.2) is 0 Å². The van der Waals surface area contributed by atoms with E-state index in [0.717, 1.165) is 0 Å². The van der Waals surface area contributed by atoms with Gasteiger partial charge in [-0.1, -0.05) is 31.5 Å². The monoisotopic (exact) mass is 327 g/mol. The van der Waals surface area contributed by atoms with Crippen LogP contribution in [0, 0.1) is 5.41 Å². The first-order valence-corrected chi connectivity index (χ1v) is 7.59. The molecule has 0 aliphatic heterocycles. The summed E-state index contributed by atoms with van der Waals surface area (Å²) >= 11 is 6.09. The van der Waals surface area contributed by atoms with E-state index in [2.05, 4.69) is 5.32 Å². The number of carbonyl (C=O) groups is 2. The van der Waals surface area contributed by atoms with Gasteiger partial charge in [0, 0.05) is 17.1 Å². The number of amides is 1. The van der Waals surface area contributed by atoms with Crippen LogP contribution in [0.15, 0.2) is 18.2 Å². The number of benzene rings is 1. The Kier molecular flexibility index (Phi) is 6.68. The highest BCUT2D eigenvalue weighted by Gasteiger charge is 2.35. The summed E-state index contributed by atoms with van der Waals surface area (Å²) in [6.07, 6.45) is 0.953. The molecular formula is C16H22ClNO4. The molecule has 0 aliphatic rings. The molecule has 0 atom stereocenters. The first-order chi connectivity index (χ1) is 10.4. The molecule has 0 aromatic heterocycles. The number of halogens is 1. The Morgan fingerprint density at radius 3 is 2.45 bits per heavy atom. The lowest BCUT2D eigenvalue weighted by Crippen LogP contribution is -2.42. The zero-order chi connectivity index (χ0) is 16.8. The van der Waals surface area contributed by atoms with Gasteiger partial charge in [-0.15, -0.1) is 0 Å². The molecule has 0 unspecified atom stereocenters. The van der Waals surface area contributed by atoms with E-state index >= 15 is 0 Å². The third kappa shape index (κ3) is 4.13. The van der Waals surface area contributed by atoms with E-state index in [9.17, 15) is 14.7 Å². The molecular weight excluding hydrogens is 306 g/mol. The number of rotatable bonds is 8. The SMILES string of the molecule is CCC(CC)(CNC(=O)Cc1c(Cl)cccc1OC)C(=O)O. The third-order valence-corrected chi connectivity index (χ3v) is 4.42. The van der Waals surface area contributed by atoms with E-state index in [1.165, 1.54) is 7.11 Å². The van der Waals surface area contributed by atoms with Crippen LogP contribution in [-0.2, 0) is 16.0 Å². The van der Waals surface area contributed by atoms with Crippen LogP contribution in [-0.4, -0.2) is 30.6 Å². The van der Waals surface area contributed by atoms with Crippen LogP contribution >= 0.6 is 11.6 Å². The minimum absolute atomic E-state index is 0.0476. The summed E-state index contributed by atoms with van der Waals surface area (Å²) in [6, 6.07) is 5.16. The predicted molar refractivity (Wildman–Crippen MR) is 85.4 cm³/mol. The van der Waals surface area contributed by atoms with E-state index in [4.69, 9.17) is 16.3 Å². The van der Waals surface area contributed by atoms with Crippen molar-refractivity contribution in [3.63, 3.8) is 0 Å². The molecule has 6 heteroatoms. The largest absolute Gasteiger partial charge is 0.496 e. The highest BCUT2D eigenvalue weighted by Crippen LogP contribution is 2.28. The zero-order valence-corrected chi connectivity index (χ0v) is 13.9. The normalized spacial score (nSPS) is 11.1. The van der Waals surface area contributed by atoms with Crippen molar-refractivity contribution >= 4 is 23.5 Å². The predicted octanol–water partition coefficient (Wildman–Crippen LogP) is 2.90. The van der Waals surface area contributed by atoms with Crippen LogP contribution in [0.2, 0.25) is 5.02 Å². The number of methoxy groups -OCH3 is 1. The Bertz CT molecular complexity index is 541. The van der Waals surface area contributed by atoms with Gasteiger partial charge in [0.1, 0.15) is 5.75 Å². The molecule has 0 saturated heterocycles. The molecule has 1 amide bonds. The minimum atomic E-state index is -0.930. The van der Waals surface area contributed by atoms with E-state index in [-0.39, 0.29) is 18.9 Å².